The third kappa shape index (κ3) is 6.08. The number of hydrogen-bond donors (Lipinski definition) is 1. The average Bonchev–Trinajstić information content (AvgIpc) is 2.41. The zero-order valence-electron chi connectivity index (χ0n) is 16.1. The van der Waals surface area contributed by atoms with Crippen LogP contribution in [0.5, 0.6) is 0 Å². The fourth-order valence-electron chi connectivity index (χ4n) is 2.54. The highest BCUT2D eigenvalue weighted by Crippen LogP contribution is 2.36. The summed E-state index contributed by atoms with van der Waals surface area (Å²) in [6, 6.07) is -0.488. The molecule has 24 heavy (non-hydrogen) atoms. The van der Waals surface area contributed by atoms with Crippen molar-refractivity contribution in [3.63, 3.8) is 0 Å². The van der Waals surface area contributed by atoms with Crippen molar-refractivity contribution in [1.29, 1.82) is 0 Å². The molecule has 7 heteroatoms. The fraction of sp³-hybridized carbons (Fsp3) is 0.941. The van der Waals surface area contributed by atoms with Gasteiger partial charge in [-0.25, -0.2) is 9.18 Å². The molecule has 0 saturated carbocycles. The lowest BCUT2D eigenvalue weighted by atomic mass is 9.75. The van der Waals surface area contributed by atoms with Crippen LogP contribution in [-0.2, 0) is 16.1 Å². The second-order valence-electron chi connectivity index (χ2n) is 8.83. The molecule has 1 fully saturated rings. The van der Waals surface area contributed by atoms with E-state index in [0.717, 1.165) is 0 Å². The highest BCUT2D eigenvalue weighted by atomic mass is 32.2. The summed E-state index contributed by atoms with van der Waals surface area (Å²) in [5.74, 6) is 0. The second kappa shape index (κ2) is 7.79. The van der Waals surface area contributed by atoms with Gasteiger partial charge in [-0.3, -0.25) is 0 Å². The fourth-order valence-corrected chi connectivity index (χ4v) is 3.50. The maximum absolute atomic E-state index is 13.6. The van der Waals surface area contributed by atoms with Crippen molar-refractivity contribution in [2.45, 2.75) is 77.7 Å². The average molecular weight is 365 g/mol. The molecule has 142 valence electrons. The number of halogens is 1. The van der Waals surface area contributed by atoms with E-state index in [1.807, 2.05) is 48.5 Å². The number of nitrogens with zero attached hydrogens (tertiary/aromatic N) is 1. The number of amides is 1. The molecule has 1 heterocycles. The van der Waals surface area contributed by atoms with Crippen LogP contribution in [0.15, 0.2) is 0 Å². The van der Waals surface area contributed by atoms with Gasteiger partial charge < -0.3 is 14.2 Å². The normalized spacial score (nSPS) is 21.3. The molecule has 0 aromatic rings. The van der Waals surface area contributed by atoms with Gasteiger partial charge in [0.15, 0.2) is 0 Å². The van der Waals surface area contributed by atoms with E-state index < -0.39 is 34.4 Å². The molecule has 0 aromatic heterocycles. The summed E-state index contributed by atoms with van der Waals surface area (Å²) in [6.07, 6.45) is 0.970. The zero-order valence-corrected chi connectivity index (χ0v) is 16.9. The molecule has 1 aliphatic rings. The van der Waals surface area contributed by atoms with Gasteiger partial charge in [0.2, 0.25) is 0 Å². The summed E-state index contributed by atoms with van der Waals surface area (Å²) >= 11 is -1.32. The quantitative estimate of drug-likeness (QED) is 0.777. The third-order valence-corrected chi connectivity index (χ3v) is 5.97. The topological polar surface area (TPSA) is 64.6 Å². The van der Waals surface area contributed by atoms with Gasteiger partial charge in [0, 0.05) is 24.5 Å². The van der Waals surface area contributed by atoms with E-state index in [9.17, 15) is 13.7 Å². The van der Waals surface area contributed by atoms with E-state index in [4.69, 9.17) is 4.74 Å². The van der Waals surface area contributed by atoms with Crippen molar-refractivity contribution in [3.8, 4) is 0 Å². The van der Waals surface area contributed by atoms with Crippen LogP contribution in [0.25, 0.3) is 0 Å². The third-order valence-electron chi connectivity index (χ3n) is 4.36. The Hall–Kier alpha value is -0.530. The van der Waals surface area contributed by atoms with Gasteiger partial charge in [-0.05, 0) is 59.8 Å². The van der Waals surface area contributed by atoms with E-state index in [0.29, 0.717) is 25.9 Å². The minimum Gasteiger partial charge on any atom is -0.598 e. The lowest BCUT2D eigenvalue weighted by Crippen LogP contribution is -2.56. The van der Waals surface area contributed by atoms with Gasteiger partial charge in [-0.15, -0.1) is 4.72 Å². The number of ether oxygens (including phenoxy) is 1. The minimum atomic E-state index is -1.32. The Balaban J connectivity index is 2.66. The summed E-state index contributed by atoms with van der Waals surface area (Å²) < 4.78 is 33.8. The van der Waals surface area contributed by atoms with Crippen molar-refractivity contribution < 1.29 is 18.5 Å². The second-order valence-corrected chi connectivity index (χ2v) is 10.8. The highest BCUT2D eigenvalue weighted by Gasteiger charge is 2.43. The molecule has 0 spiro atoms. The van der Waals surface area contributed by atoms with Gasteiger partial charge in [0.25, 0.3) is 0 Å². The van der Waals surface area contributed by atoms with Gasteiger partial charge in [0.05, 0.1) is 6.04 Å². The number of carbonyl (C=O) groups is 1. The van der Waals surface area contributed by atoms with Crippen LogP contribution in [0.2, 0.25) is 0 Å². The van der Waals surface area contributed by atoms with Crippen LogP contribution in [0, 0.1) is 5.41 Å². The van der Waals surface area contributed by atoms with Gasteiger partial charge in [-0.1, -0.05) is 6.92 Å². The van der Waals surface area contributed by atoms with Gasteiger partial charge in [0.1, 0.15) is 17.0 Å². The van der Waals surface area contributed by atoms with Crippen molar-refractivity contribution in [3.05, 3.63) is 0 Å². The smallest absolute Gasteiger partial charge is 0.410 e. The number of carbonyl (C=O) groups excluding carboxylic acids is 1. The first-order valence-corrected chi connectivity index (χ1v) is 9.65. The number of likely N-dealkylation sites (tertiary alicyclic amines) is 1. The van der Waals surface area contributed by atoms with Crippen molar-refractivity contribution in [2.75, 3.05) is 19.8 Å². The SMILES string of the molecule is CC(C)(C)OC(=O)N1CCC(C)(C(CF)N[S+]([O-])C(C)(C)C)CC1. The Morgan fingerprint density at radius 1 is 1.29 bits per heavy atom. The largest absolute Gasteiger partial charge is 0.598 e. The highest BCUT2D eigenvalue weighted by molar-refractivity contribution is 7.90. The van der Waals surface area contributed by atoms with E-state index in [1.54, 1.807) is 4.90 Å². The van der Waals surface area contributed by atoms with Gasteiger partial charge in [-0.2, -0.15) is 0 Å². The minimum absolute atomic E-state index is 0.326. The number of hydrogen-bond acceptors (Lipinski definition) is 4. The summed E-state index contributed by atoms with van der Waals surface area (Å²) in [7, 11) is 0. The number of nitrogens with one attached hydrogen (secondary N) is 1. The van der Waals surface area contributed by atoms with Crippen molar-refractivity contribution in [1.82, 2.24) is 9.62 Å². The zero-order chi connectivity index (χ0) is 18.8. The molecule has 1 aliphatic heterocycles. The first-order valence-electron chi connectivity index (χ1n) is 8.50. The number of rotatable bonds is 4. The Labute approximate surface area is 149 Å². The first-order chi connectivity index (χ1) is 10.8. The van der Waals surface area contributed by atoms with E-state index in [2.05, 4.69) is 4.72 Å². The van der Waals surface area contributed by atoms with Crippen molar-refractivity contribution in [2.24, 2.45) is 5.41 Å². The number of alkyl halides is 1. The summed E-state index contributed by atoms with van der Waals surface area (Å²) in [6.45, 7) is 13.5. The van der Waals surface area contributed by atoms with Crippen LogP contribution in [0.1, 0.15) is 61.3 Å². The Morgan fingerprint density at radius 2 is 1.79 bits per heavy atom. The van der Waals surface area contributed by atoms with Gasteiger partial charge >= 0.3 is 6.09 Å². The van der Waals surface area contributed by atoms with E-state index in [1.165, 1.54) is 0 Å². The lowest BCUT2D eigenvalue weighted by molar-refractivity contribution is 0.00712. The molecule has 1 amide bonds. The molecule has 0 aliphatic carbocycles. The summed E-state index contributed by atoms with van der Waals surface area (Å²) in [5.41, 5.74) is -0.862. The standard InChI is InChI=1S/C17H33FN2O3S/c1-15(2,3)23-14(21)20-10-8-17(7,9-11-20)13(12-18)19-24(22)16(4,5)6/h13,19H,8-12H2,1-7H3. The Kier molecular flexibility index (Phi) is 6.98. The van der Waals surface area contributed by atoms with Crippen LogP contribution in [0.3, 0.4) is 0 Å². The molecule has 5 nitrogen and oxygen atoms in total. The lowest BCUT2D eigenvalue weighted by Gasteiger charge is -2.44. The number of piperidine rings is 1. The molecule has 2 atom stereocenters. The van der Waals surface area contributed by atoms with Crippen molar-refractivity contribution >= 4 is 17.5 Å². The summed E-state index contributed by atoms with van der Waals surface area (Å²) in [4.78, 5) is 13.8. The molecular weight excluding hydrogens is 331 g/mol. The van der Waals surface area contributed by atoms with Crippen LogP contribution in [0.4, 0.5) is 9.18 Å². The summed E-state index contributed by atoms with van der Waals surface area (Å²) in [5, 5.41) is 0. The predicted molar refractivity (Wildman–Crippen MR) is 95.9 cm³/mol. The molecule has 2 unspecified atom stereocenters. The molecule has 1 saturated heterocycles. The Morgan fingerprint density at radius 3 is 2.17 bits per heavy atom. The maximum Gasteiger partial charge on any atom is 0.410 e. The van der Waals surface area contributed by atoms with E-state index >= 15 is 0 Å². The molecule has 0 aromatic carbocycles. The van der Waals surface area contributed by atoms with Crippen LogP contribution in [-0.4, -0.2) is 51.7 Å². The molecule has 1 N–H and O–H groups in total. The molecule has 0 radical (unpaired) electrons. The monoisotopic (exact) mass is 364 g/mol. The molecule has 0 bridgehead atoms. The molecule has 1 rings (SSSR count). The first kappa shape index (κ1) is 21.5. The predicted octanol–water partition coefficient (Wildman–Crippen LogP) is 3.41. The van der Waals surface area contributed by atoms with Crippen LogP contribution < -0.4 is 4.72 Å². The van der Waals surface area contributed by atoms with Crippen LogP contribution >= 0.6 is 0 Å². The maximum atomic E-state index is 13.6. The van der Waals surface area contributed by atoms with E-state index in [-0.39, 0.29) is 11.5 Å². The molecular formula is C17H33FN2O3S. The Bertz CT molecular complexity index is 427.